The first kappa shape index (κ1) is 14.1. The van der Waals surface area contributed by atoms with Crippen molar-refractivity contribution < 1.29 is 18.4 Å². The molecule has 4 nitrogen and oxygen atoms in total. The van der Waals surface area contributed by atoms with E-state index < -0.39 is 29.2 Å². The van der Waals surface area contributed by atoms with Crippen LogP contribution in [0, 0.1) is 28.9 Å². The molecule has 1 heterocycles. The van der Waals surface area contributed by atoms with Crippen molar-refractivity contribution in [2.24, 2.45) is 5.92 Å². The quantitative estimate of drug-likeness (QED) is 0.796. The topological polar surface area (TPSA) is 61.2 Å². The Morgan fingerprint density at radius 2 is 2.00 bits per heavy atom. The molecule has 1 aromatic rings. The zero-order chi connectivity index (χ0) is 14.7. The van der Waals surface area contributed by atoms with Crippen molar-refractivity contribution in [3.63, 3.8) is 0 Å². The Morgan fingerprint density at radius 1 is 1.35 bits per heavy atom. The summed E-state index contributed by atoms with van der Waals surface area (Å²) in [7, 11) is 0. The number of anilines is 1. The number of halogens is 2. The molecule has 1 amide bonds. The fraction of sp³-hybridized carbons (Fsp3) is 0.357. The van der Waals surface area contributed by atoms with E-state index in [4.69, 9.17) is 5.26 Å². The number of rotatable bonds is 3. The summed E-state index contributed by atoms with van der Waals surface area (Å²) in [5, 5.41) is 8.51. The average Bonchev–Trinajstić information content (AvgIpc) is 2.38. The molecular formula is C14H12F2N2O2. The number of carbonyl (C=O) groups is 2. The Labute approximate surface area is 114 Å². The number of piperidine rings is 1. The Kier molecular flexibility index (Phi) is 4.08. The third-order valence-electron chi connectivity index (χ3n) is 3.24. The second-order valence-corrected chi connectivity index (χ2v) is 4.61. The molecule has 1 saturated heterocycles. The standard InChI is InChI=1S/C14H12F2N2O2/c15-9-6-10(16)8-11(7-9)18-5-1-2-12(14(18)20)13(19)3-4-17/h6-8,12H,1-3,5H2/t12-/m1/s1. The zero-order valence-corrected chi connectivity index (χ0v) is 10.6. The third kappa shape index (κ3) is 2.82. The molecule has 1 aliphatic rings. The van der Waals surface area contributed by atoms with Crippen molar-refractivity contribution >= 4 is 17.4 Å². The summed E-state index contributed by atoms with van der Waals surface area (Å²) in [5.74, 6) is -3.40. The van der Waals surface area contributed by atoms with E-state index >= 15 is 0 Å². The van der Waals surface area contributed by atoms with Crippen LogP contribution in [0.1, 0.15) is 19.3 Å². The van der Waals surface area contributed by atoms with Gasteiger partial charge in [-0.1, -0.05) is 0 Å². The Morgan fingerprint density at radius 3 is 2.60 bits per heavy atom. The van der Waals surface area contributed by atoms with E-state index in [1.165, 1.54) is 4.90 Å². The first-order chi connectivity index (χ1) is 9.52. The largest absolute Gasteiger partial charge is 0.312 e. The van der Waals surface area contributed by atoms with E-state index in [1.807, 2.05) is 0 Å². The van der Waals surface area contributed by atoms with Crippen molar-refractivity contribution in [1.29, 1.82) is 5.26 Å². The number of amides is 1. The number of Topliss-reactive ketones (excluding diaryl/α,β-unsaturated/α-hetero) is 1. The SMILES string of the molecule is N#CCC(=O)[C@H]1CCCN(c2cc(F)cc(F)c2)C1=O. The van der Waals surface area contributed by atoms with Crippen LogP contribution in [-0.4, -0.2) is 18.2 Å². The van der Waals surface area contributed by atoms with Crippen LogP contribution >= 0.6 is 0 Å². The highest BCUT2D eigenvalue weighted by Gasteiger charge is 2.34. The van der Waals surface area contributed by atoms with Crippen LogP contribution in [0.15, 0.2) is 18.2 Å². The van der Waals surface area contributed by atoms with Crippen LogP contribution in [0.4, 0.5) is 14.5 Å². The summed E-state index contributed by atoms with van der Waals surface area (Å²) in [6.45, 7) is 0.304. The van der Waals surface area contributed by atoms with Gasteiger partial charge >= 0.3 is 0 Å². The predicted molar refractivity (Wildman–Crippen MR) is 66.7 cm³/mol. The molecule has 6 heteroatoms. The molecule has 0 spiro atoms. The maximum atomic E-state index is 13.2. The minimum Gasteiger partial charge on any atom is -0.312 e. The molecule has 0 aliphatic carbocycles. The van der Waals surface area contributed by atoms with E-state index in [0.29, 0.717) is 19.4 Å². The van der Waals surface area contributed by atoms with Crippen molar-refractivity contribution in [3.05, 3.63) is 29.8 Å². The summed E-state index contributed by atoms with van der Waals surface area (Å²) in [6, 6.07) is 4.54. The van der Waals surface area contributed by atoms with Crippen LogP contribution in [0.3, 0.4) is 0 Å². The Bertz CT molecular complexity index is 575. The highest BCUT2D eigenvalue weighted by Crippen LogP contribution is 2.26. The second-order valence-electron chi connectivity index (χ2n) is 4.61. The average molecular weight is 278 g/mol. The van der Waals surface area contributed by atoms with Gasteiger partial charge < -0.3 is 4.90 Å². The molecule has 0 saturated carbocycles. The van der Waals surface area contributed by atoms with Crippen LogP contribution in [0.5, 0.6) is 0 Å². The van der Waals surface area contributed by atoms with E-state index in [2.05, 4.69) is 0 Å². The third-order valence-corrected chi connectivity index (χ3v) is 3.24. The van der Waals surface area contributed by atoms with Crippen LogP contribution in [0.2, 0.25) is 0 Å². The molecule has 20 heavy (non-hydrogen) atoms. The van der Waals surface area contributed by atoms with Gasteiger partial charge in [-0.15, -0.1) is 0 Å². The number of hydrogen-bond acceptors (Lipinski definition) is 3. The van der Waals surface area contributed by atoms with Gasteiger partial charge in [0.25, 0.3) is 0 Å². The molecular weight excluding hydrogens is 266 g/mol. The minimum absolute atomic E-state index is 0.0990. The second kappa shape index (κ2) is 5.78. The molecule has 0 radical (unpaired) electrons. The number of carbonyl (C=O) groups excluding carboxylic acids is 2. The highest BCUT2D eigenvalue weighted by molar-refractivity contribution is 6.09. The highest BCUT2D eigenvalue weighted by atomic mass is 19.1. The Balaban J connectivity index is 2.26. The maximum absolute atomic E-state index is 13.2. The normalized spacial score (nSPS) is 18.8. The first-order valence-corrected chi connectivity index (χ1v) is 6.20. The predicted octanol–water partition coefficient (Wildman–Crippen LogP) is 2.19. The molecule has 0 N–H and O–H groups in total. The summed E-state index contributed by atoms with van der Waals surface area (Å²) in [4.78, 5) is 25.1. The summed E-state index contributed by atoms with van der Waals surface area (Å²) in [6.07, 6.45) is 0.584. The Hall–Kier alpha value is -2.29. The van der Waals surface area contributed by atoms with Gasteiger partial charge in [0.1, 0.15) is 11.6 Å². The fourth-order valence-electron chi connectivity index (χ4n) is 2.33. The van der Waals surface area contributed by atoms with E-state index in [-0.39, 0.29) is 12.1 Å². The molecule has 104 valence electrons. The number of nitrogens with zero attached hydrogens (tertiary/aromatic N) is 2. The van der Waals surface area contributed by atoms with Crippen LogP contribution in [0.25, 0.3) is 0 Å². The smallest absolute Gasteiger partial charge is 0.237 e. The molecule has 0 unspecified atom stereocenters. The summed E-state index contributed by atoms with van der Waals surface area (Å²) < 4.78 is 26.4. The molecule has 1 aromatic carbocycles. The van der Waals surface area contributed by atoms with Gasteiger partial charge in [0.05, 0.1) is 18.4 Å². The number of hydrogen-bond donors (Lipinski definition) is 0. The minimum atomic E-state index is -0.894. The molecule has 0 bridgehead atoms. The van der Waals surface area contributed by atoms with Crippen molar-refractivity contribution in [1.82, 2.24) is 0 Å². The van der Waals surface area contributed by atoms with Gasteiger partial charge in [-0.25, -0.2) is 8.78 Å². The van der Waals surface area contributed by atoms with Gasteiger partial charge in [-0.05, 0) is 25.0 Å². The lowest BCUT2D eigenvalue weighted by Gasteiger charge is -2.31. The number of benzene rings is 1. The lowest BCUT2D eigenvalue weighted by atomic mass is 9.91. The molecule has 2 rings (SSSR count). The van der Waals surface area contributed by atoms with Gasteiger partial charge in [0, 0.05) is 18.3 Å². The van der Waals surface area contributed by atoms with Crippen molar-refractivity contribution in [2.75, 3.05) is 11.4 Å². The van der Waals surface area contributed by atoms with Crippen molar-refractivity contribution in [2.45, 2.75) is 19.3 Å². The zero-order valence-electron chi connectivity index (χ0n) is 10.6. The molecule has 0 aromatic heterocycles. The fourth-order valence-corrected chi connectivity index (χ4v) is 2.33. The lowest BCUT2D eigenvalue weighted by molar-refractivity contribution is -0.133. The van der Waals surface area contributed by atoms with E-state index in [0.717, 1.165) is 18.2 Å². The van der Waals surface area contributed by atoms with E-state index in [1.54, 1.807) is 6.07 Å². The van der Waals surface area contributed by atoms with Gasteiger partial charge in [0.15, 0.2) is 5.78 Å². The van der Waals surface area contributed by atoms with Gasteiger partial charge in [0.2, 0.25) is 5.91 Å². The maximum Gasteiger partial charge on any atom is 0.237 e. The van der Waals surface area contributed by atoms with Crippen molar-refractivity contribution in [3.8, 4) is 6.07 Å². The van der Waals surface area contributed by atoms with Crippen LogP contribution < -0.4 is 4.90 Å². The molecule has 1 aliphatic heterocycles. The van der Waals surface area contributed by atoms with Crippen LogP contribution in [-0.2, 0) is 9.59 Å². The lowest BCUT2D eigenvalue weighted by Crippen LogP contribution is -2.44. The molecule has 1 atom stereocenters. The first-order valence-electron chi connectivity index (χ1n) is 6.20. The molecule has 1 fully saturated rings. The van der Waals surface area contributed by atoms with Gasteiger partial charge in [-0.3, -0.25) is 9.59 Å². The van der Waals surface area contributed by atoms with Gasteiger partial charge in [-0.2, -0.15) is 5.26 Å². The monoisotopic (exact) mass is 278 g/mol. The summed E-state index contributed by atoms with van der Waals surface area (Å²) in [5.41, 5.74) is 0.0990. The summed E-state index contributed by atoms with van der Waals surface area (Å²) >= 11 is 0. The number of nitriles is 1. The van der Waals surface area contributed by atoms with E-state index in [9.17, 15) is 18.4 Å². The number of ketones is 1.